The van der Waals surface area contributed by atoms with Gasteiger partial charge in [0.1, 0.15) is 5.60 Å². The number of halogens is 3. The number of likely N-dealkylation sites (tertiary alicyclic amines) is 1. The highest BCUT2D eigenvalue weighted by Crippen LogP contribution is 2.49. The van der Waals surface area contributed by atoms with Crippen LogP contribution in [0.25, 0.3) is 0 Å². The molecule has 0 aromatic carbocycles. The van der Waals surface area contributed by atoms with Crippen molar-refractivity contribution < 1.29 is 27.8 Å². The topological polar surface area (TPSA) is 49.8 Å². The molecule has 1 aliphatic rings. The first-order chi connectivity index (χ1) is 10.1. The number of carbonyl (C=O) groups is 1. The molecule has 136 valence electrons. The Balaban J connectivity index is 3.25. The fourth-order valence-electron chi connectivity index (χ4n) is 3.02. The fourth-order valence-corrected chi connectivity index (χ4v) is 3.02. The van der Waals surface area contributed by atoms with Crippen LogP contribution in [0.1, 0.15) is 60.8 Å². The third kappa shape index (κ3) is 4.11. The van der Waals surface area contributed by atoms with Crippen LogP contribution in [0.3, 0.4) is 0 Å². The monoisotopic (exact) mass is 339 g/mol. The number of ether oxygens (including phenoxy) is 1. The molecule has 2 atom stereocenters. The maximum atomic E-state index is 13.7. The van der Waals surface area contributed by atoms with Gasteiger partial charge in [0.2, 0.25) is 0 Å². The van der Waals surface area contributed by atoms with E-state index in [0.717, 1.165) is 4.90 Å². The van der Waals surface area contributed by atoms with Crippen LogP contribution in [0.5, 0.6) is 0 Å². The van der Waals surface area contributed by atoms with Crippen LogP contribution < -0.4 is 0 Å². The second-order valence-corrected chi connectivity index (χ2v) is 8.20. The molecule has 0 aliphatic carbocycles. The number of hydrogen-bond donors (Lipinski definition) is 1. The third-order valence-electron chi connectivity index (χ3n) is 4.19. The lowest BCUT2D eigenvalue weighted by molar-refractivity contribution is -0.315. The van der Waals surface area contributed by atoms with Gasteiger partial charge in [-0.1, -0.05) is 20.8 Å². The molecule has 0 aromatic heterocycles. The van der Waals surface area contributed by atoms with E-state index in [9.17, 15) is 23.1 Å². The first-order valence-corrected chi connectivity index (χ1v) is 7.90. The molecule has 0 unspecified atom stereocenters. The molecule has 1 fully saturated rings. The Labute approximate surface area is 136 Å². The Bertz CT molecular complexity index is 421. The van der Waals surface area contributed by atoms with Gasteiger partial charge in [0.05, 0.1) is 6.04 Å². The molecule has 23 heavy (non-hydrogen) atoms. The molecule has 1 aliphatic heterocycles. The van der Waals surface area contributed by atoms with Gasteiger partial charge in [0.15, 0.2) is 5.60 Å². The summed E-state index contributed by atoms with van der Waals surface area (Å²) in [5.41, 5.74) is -5.29. The largest absolute Gasteiger partial charge is 0.444 e. The highest BCUT2D eigenvalue weighted by molar-refractivity contribution is 5.69. The highest BCUT2D eigenvalue weighted by Gasteiger charge is 2.66. The van der Waals surface area contributed by atoms with Crippen molar-refractivity contribution in [3.63, 3.8) is 0 Å². The number of alkyl halides is 3. The van der Waals surface area contributed by atoms with Gasteiger partial charge >= 0.3 is 12.3 Å². The zero-order chi connectivity index (χ0) is 18.3. The number of hydrogen-bond acceptors (Lipinski definition) is 3. The van der Waals surface area contributed by atoms with Gasteiger partial charge in [-0.05, 0) is 40.0 Å². The van der Waals surface area contributed by atoms with E-state index in [1.807, 2.05) is 0 Å². The Morgan fingerprint density at radius 2 is 1.61 bits per heavy atom. The van der Waals surface area contributed by atoms with E-state index in [1.54, 1.807) is 20.8 Å². The second kappa shape index (κ2) is 6.15. The second-order valence-electron chi connectivity index (χ2n) is 8.20. The van der Waals surface area contributed by atoms with Gasteiger partial charge in [-0.2, -0.15) is 13.2 Å². The van der Waals surface area contributed by atoms with Crippen molar-refractivity contribution in [2.45, 2.75) is 84.2 Å². The summed E-state index contributed by atoms with van der Waals surface area (Å²) in [5.74, 6) is 0. The summed E-state index contributed by atoms with van der Waals surface area (Å²) in [5, 5.41) is 10.7. The van der Waals surface area contributed by atoms with Crippen LogP contribution in [0.4, 0.5) is 18.0 Å². The van der Waals surface area contributed by atoms with Crippen LogP contribution in [0.15, 0.2) is 0 Å². The van der Waals surface area contributed by atoms with E-state index in [2.05, 4.69) is 0 Å². The van der Waals surface area contributed by atoms with Gasteiger partial charge in [0, 0.05) is 12.0 Å². The number of carbonyl (C=O) groups excluding carboxylic acids is 1. The van der Waals surface area contributed by atoms with Gasteiger partial charge in [-0.15, -0.1) is 0 Å². The molecule has 1 N–H and O–H groups in total. The van der Waals surface area contributed by atoms with Gasteiger partial charge in [-0.25, -0.2) is 4.79 Å². The van der Waals surface area contributed by atoms with E-state index in [0.29, 0.717) is 12.8 Å². The average molecular weight is 339 g/mol. The first-order valence-electron chi connectivity index (χ1n) is 7.90. The normalized spacial score (nSPS) is 23.4. The van der Waals surface area contributed by atoms with Crippen LogP contribution >= 0.6 is 0 Å². The lowest BCUT2D eigenvalue weighted by atomic mass is 9.68. The number of amides is 1. The molecule has 0 bridgehead atoms. The molecule has 7 heteroatoms. The number of aliphatic hydroxyl groups is 1. The van der Waals surface area contributed by atoms with Crippen molar-refractivity contribution in [3.8, 4) is 0 Å². The van der Waals surface area contributed by atoms with Crippen molar-refractivity contribution >= 4 is 6.09 Å². The Morgan fingerprint density at radius 3 is 2.00 bits per heavy atom. The summed E-state index contributed by atoms with van der Waals surface area (Å²) in [6.07, 6.45) is -4.46. The SMILES string of the molecule is CC(C)(C)OC(=O)N1CCCC[C@@H]1[C@@](O)(C(C)(C)C)C(F)(F)F. The van der Waals surface area contributed by atoms with Gasteiger partial charge in [0.25, 0.3) is 0 Å². The molecule has 0 spiro atoms. The summed E-state index contributed by atoms with van der Waals surface area (Å²) in [4.78, 5) is 13.4. The number of rotatable bonds is 1. The molecule has 1 amide bonds. The minimum atomic E-state index is -4.85. The van der Waals surface area contributed by atoms with Crippen LogP contribution in [0.2, 0.25) is 0 Å². The van der Waals surface area contributed by atoms with E-state index in [-0.39, 0.29) is 13.0 Å². The summed E-state index contributed by atoms with van der Waals surface area (Å²) in [7, 11) is 0. The van der Waals surface area contributed by atoms with Gasteiger partial charge < -0.3 is 14.7 Å². The fraction of sp³-hybridized carbons (Fsp3) is 0.938. The Hall–Kier alpha value is -0.980. The molecule has 0 aromatic rings. The predicted octanol–water partition coefficient (Wildman–Crippen LogP) is 4.12. The van der Waals surface area contributed by atoms with Gasteiger partial charge in [-0.3, -0.25) is 0 Å². The van der Waals surface area contributed by atoms with E-state index >= 15 is 0 Å². The highest BCUT2D eigenvalue weighted by atomic mass is 19.4. The molecule has 4 nitrogen and oxygen atoms in total. The third-order valence-corrected chi connectivity index (χ3v) is 4.19. The Kier molecular flexibility index (Phi) is 5.36. The molecular weight excluding hydrogens is 311 g/mol. The predicted molar refractivity (Wildman–Crippen MR) is 81.0 cm³/mol. The zero-order valence-corrected chi connectivity index (χ0v) is 14.8. The summed E-state index contributed by atoms with van der Waals surface area (Å²) >= 11 is 0. The lowest BCUT2D eigenvalue weighted by Gasteiger charge is -2.51. The van der Waals surface area contributed by atoms with Crippen LogP contribution in [-0.2, 0) is 4.74 Å². The van der Waals surface area contributed by atoms with Crippen molar-refractivity contribution in [2.24, 2.45) is 5.41 Å². The lowest BCUT2D eigenvalue weighted by Crippen LogP contribution is -2.69. The smallest absolute Gasteiger partial charge is 0.419 e. The first kappa shape index (κ1) is 20.1. The van der Waals surface area contributed by atoms with E-state index in [1.165, 1.54) is 20.8 Å². The van der Waals surface area contributed by atoms with Crippen molar-refractivity contribution in [3.05, 3.63) is 0 Å². The standard InChI is InChI=1S/C16H28F3NO3/c1-13(2,3)15(22,16(17,18)19)11-9-7-8-10-20(11)12(21)23-14(4,5)6/h11,22H,7-10H2,1-6H3/t11-,15-/m1/s1. The van der Waals surface area contributed by atoms with E-state index in [4.69, 9.17) is 4.74 Å². The molecular formula is C16H28F3NO3. The summed E-state index contributed by atoms with van der Waals surface area (Å²) < 4.78 is 46.4. The summed E-state index contributed by atoms with van der Waals surface area (Å²) in [6.45, 7) is 9.12. The Morgan fingerprint density at radius 1 is 1.09 bits per heavy atom. The van der Waals surface area contributed by atoms with Crippen molar-refractivity contribution in [2.75, 3.05) is 6.54 Å². The molecule has 1 saturated heterocycles. The van der Waals surface area contributed by atoms with Crippen LogP contribution in [-0.4, -0.2) is 46.1 Å². The zero-order valence-electron chi connectivity index (χ0n) is 14.8. The molecule has 0 saturated carbocycles. The van der Waals surface area contributed by atoms with Crippen molar-refractivity contribution in [1.29, 1.82) is 0 Å². The quantitative estimate of drug-likeness (QED) is 0.782. The maximum Gasteiger partial charge on any atom is 0.419 e. The number of piperidine rings is 1. The maximum absolute atomic E-state index is 13.7. The molecule has 1 heterocycles. The molecule has 0 radical (unpaired) electrons. The average Bonchev–Trinajstić information content (AvgIpc) is 2.33. The van der Waals surface area contributed by atoms with Crippen molar-refractivity contribution in [1.82, 2.24) is 4.90 Å². The minimum absolute atomic E-state index is 0.0898. The number of nitrogens with zero attached hydrogens (tertiary/aromatic N) is 1. The molecule has 1 rings (SSSR count). The van der Waals surface area contributed by atoms with Crippen LogP contribution in [0, 0.1) is 5.41 Å². The van der Waals surface area contributed by atoms with E-state index < -0.39 is 34.9 Å². The minimum Gasteiger partial charge on any atom is -0.444 e. The summed E-state index contributed by atoms with van der Waals surface area (Å²) in [6, 6.07) is -1.36.